The second-order valence-electron chi connectivity index (χ2n) is 5.55. The average molecular weight is 292 g/mol. The van der Waals surface area contributed by atoms with Gasteiger partial charge in [0.15, 0.2) is 0 Å². The summed E-state index contributed by atoms with van der Waals surface area (Å²) in [5, 5.41) is 10.1. The lowest BCUT2D eigenvalue weighted by molar-refractivity contribution is 0.0697. The van der Waals surface area contributed by atoms with E-state index in [1.165, 1.54) is 12.1 Å². The first kappa shape index (κ1) is 12.1. The third kappa shape index (κ3) is 1.40. The number of hydrogen-bond acceptors (Lipinski definition) is 2. The number of carboxylic acid groups (broad SMARTS) is 1. The minimum Gasteiger partial charge on any atom is -0.478 e. The Kier molecular flexibility index (Phi) is 2.37. The summed E-state index contributed by atoms with van der Waals surface area (Å²) in [4.78, 5) is 16.1. The minimum atomic E-state index is -1.05. The SMILES string of the molecule is O=C(O)c1c2c(nc3c(F)ccc(Cl)c13)C1CCC2C1. The number of carboxylic acids is 1. The Bertz CT molecular complexity index is 774. The van der Waals surface area contributed by atoms with Crippen LogP contribution >= 0.6 is 11.6 Å². The van der Waals surface area contributed by atoms with Crippen LogP contribution in [0.3, 0.4) is 0 Å². The summed E-state index contributed by atoms with van der Waals surface area (Å²) in [6, 6.07) is 2.63. The minimum absolute atomic E-state index is 0.0844. The van der Waals surface area contributed by atoms with Crippen LogP contribution in [0.25, 0.3) is 10.9 Å². The summed E-state index contributed by atoms with van der Waals surface area (Å²) in [5.74, 6) is -1.06. The van der Waals surface area contributed by atoms with Gasteiger partial charge < -0.3 is 5.11 Å². The molecular weight excluding hydrogens is 281 g/mol. The van der Waals surface area contributed by atoms with Gasteiger partial charge in [0, 0.05) is 17.0 Å². The van der Waals surface area contributed by atoms with E-state index in [9.17, 15) is 14.3 Å². The van der Waals surface area contributed by atoms with Crippen molar-refractivity contribution in [2.45, 2.75) is 31.1 Å². The third-order valence-electron chi connectivity index (χ3n) is 4.55. The fourth-order valence-corrected chi connectivity index (χ4v) is 4.02. The Hall–Kier alpha value is -1.68. The highest BCUT2D eigenvalue weighted by Gasteiger charge is 2.42. The van der Waals surface area contributed by atoms with Gasteiger partial charge in [-0.1, -0.05) is 11.6 Å². The summed E-state index contributed by atoms with van der Waals surface area (Å²) >= 11 is 6.11. The van der Waals surface area contributed by atoms with E-state index < -0.39 is 11.8 Å². The van der Waals surface area contributed by atoms with Gasteiger partial charge in [-0.05, 0) is 42.9 Å². The highest BCUT2D eigenvalue weighted by Crippen LogP contribution is 2.54. The number of nitrogens with zero attached hydrogens (tertiary/aromatic N) is 1. The van der Waals surface area contributed by atoms with Crippen LogP contribution in [0.15, 0.2) is 12.1 Å². The van der Waals surface area contributed by atoms with E-state index in [2.05, 4.69) is 4.98 Å². The van der Waals surface area contributed by atoms with Crippen LogP contribution in [0.2, 0.25) is 5.02 Å². The monoisotopic (exact) mass is 291 g/mol. The smallest absolute Gasteiger partial charge is 0.336 e. The van der Waals surface area contributed by atoms with Gasteiger partial charge in [-0.25, -0.2) is 14.2 Å². The van der Waals surface area contributed by atoms with Gasteiger partial charge >= 0.3 is 5.97 Å². The topological polar surface area (TPSA) is 50.2 Å². The van der Waals surface area contributed by atoms with E-state index in [0.717, 1.165) is 30.5 Å². The first-order chi connectivity index (χ1) is 9.58. The number of hydrogen-bond donors (Lipinski definition) is 1. The van der Waals surface area contributed by atoms with Gasteiger partial charge in [0.25, 0.3) is 0 Å². The molecule has 0 spiro atoms. The molecule has 2 atom stereocenters. The van der Waals surface area contributed by atoms with Gasteiger partial charge in [0.1, 0.15) is 11.3 Å². The Labute approximate surface area is 119 Å². The average Bonchev–Trinajstić information content (AvgIpc) is 3.02. The van der Waals surface area contributed by atoms with Crippen LogP contribution in [0.1, 0.15) is 52.7 Å². The number of benzene rings is 1. The maximum atomic E-state index is 14.0. The summed E-state index contributed by atoms with van der Waals surface area (Å²) < 4.78 is 14.0. The Balaban J connectivity index is 2.21. The molecule has 0 saturated heterocycles. The molecule has 2 unspecified atom stereocenters. The standard InChI is InChI=1S/C15H11ClFNO2/c16-8-3-4-9(17)14-11(8)12(15(19)20)10-6-1-2-7(5-6)13(10)18-14/h3-4,6-7H,1-2,5H2,(H,19,20). The van der Waals surface area contributed by atoms with Gasteiger partial charge in [-0.3, -0.25) is 0 Å². The Morgan fingerprint density at radius 2 is 2.10 bits per heavy atom. The molecule has 2 bridgehead atoms. The largest absolute Gasteiger partial charge is 0.478 e. The van der Waals surface area contributed by atoms with Crippen molar-refractivity contribution in [3.05, 3.63) is 39.8 Å². The molecule has 1 saturated carbocycles. The van der Waals surface area contributed by atoms with Crippen molar-refractivity contribution in [3.8, 4) is 0 Å². The zero-order valence-electron chi connectivity index (χ0n) is 10.5. The lowest BCUT2D eigenvalue weighted by atomic mass is 9.89. The van der Waals surface area contributed by atoms with E-state index in [-0.39, 0.29) is 33.3 Å². The van der Waals surface area contributed by atoms with Crippen molar-refractivity contribution in [3.63, 3.8) is 0 Å². The maximum absolute atomic E-state index is 14.0. The van der Waals surface area contributed by atoms with Crippen molar-refractivity contribution in [1.29, 1.82) is 0 Å². The van der Waals surface area contributed by atoms with Gasteiger partial charge in [-0.2, -0.15) is 0 Å². The normalized spacial score (nSPS) is 23.3. The number of aromatic carboxylic acids is 1. The highest BCUT2D eigenvalue weighted by molar-refractivity contribution is 6.36. The van der Waals surface area contributed by atoms with Gasteiger partial charge in [-0.15, -0.1) is 0 Å². The molecule has 0 amide bonds. The number of pyridine rings is 1. The molecule has 1 heterocycles. The molecule has 2 aromatic rings. The molecule has 3 nitrogen and oxygen atoms in total. The first-order valence-corrected chi connectivity index (χ1v) is 7.00. The molecule has 20 heavy (non-hydrogen) atoms. The molecule has 1 N–H and O–H groups in total. The van der Waals surface area contributed by atoms with Crippen LogP contribution in [-0.2, 0) is 0 Å². The molecule has 0 radical (unpaired) electrons. The number of halogens is 2. The molecule has 1 aromatic heterocycles. The van der Waals surface area contributed by atoms with E-state index in [0.29, 0.717) is 0 Å². The summed E-state index contributed by atoms with van der Waals surface area (Å²) in [6.07, 6.45) is 2.92. The quantitative estimate of drug-likeness (QED) is 0.861. The van der Waals surface area contributed by atoms with Gasteiger partial charge in [0.2, 0.25) is 0 Å². The van der Waals surface area contributed by atoms with Crippen molar-refractivity contribution in [2.24, 2.45) is 0 Å². The lowest BCUT2D eigenvalue weighted by Gasteiger charge is -2.19. The summed E-state index contributed by atoms with van der Waals surface area (Å²) in [6.45, 7) is 0. The molecular formula is C15H11ClFNO2. The van der Waals surface area contributed by atoms with Crippen LogP contribution in [0.5, 0.6) is 0 Å². The zero-order chi connectivity index (χ0) is 14.0. The highest BCUT2D eigenvalue weighted by atomic mass is 35.5. The van der Waals surface area contributed by atoms with Crippen molar-refractivity contribution in [2.75, 3.05) is 0 Å². The fourth-order valence-electron chi connectivity index (χ4n) is 3.77. The zero-order valence-corrected chi connectivity index (χ0v) is 11.2. The fraction of sp³-hybridized carbons (Fsp3) is 0.333. The van der Waals surface area contributed by atoms with Crippen LogP contribution in [0.4, 0.5) is 4.39 Å². The molecule has 5 heteroatoms. The Morgan fingerprint density at radius 3 is 2.85 bits per heavy atom. The van der Waals surface area contributed by atoms with Crippen LogP contribution in [-0.4, -0.2) is 16.1 Å². The number of aromatic nitrogens is 1. The molecule has 4 rings (SSSR count). The second-order valence-corrected chi connectivity index (χ2v) is 5.96. The number of carbonyl (C=O) groups is 1. The van der Waals surface area contributed by atoms with E-state index in [1.807, 2.05) is 0 Å². The van der Waals surface area contributed by atoms with Crippen LogP contribution in [0, 0.1) is 5.82 Å². The predicted octanol–water partition coefficient (Wildman–Crippen LogP) is 4.09. The molecule has 2 aliphatic carbocycles. The van der Waals surface area contributed by atoms with E-state index >= 15 is 0 Å². The molecule has 1 fully saturated rings. The molecule has 1 aromatic carbocycles. The maximum Gasteiger partial charge on any atom is 0.336 e. The number of rotatable bonds is 1. The number of fused-ring (bicyclic) bond motifs is 6. The summed E-state index contributed by atoms with van der Waals surface area (Å²) in [7, 11) is 0. The van der Waals surface area contributed by atoms with Crippen LogP contribution < -0.4 is 0 Å². The first-order valence-electron chi connectivity index (χ1n) is 6.62. The van der Waals surface area contributed by atoms with Crippen molar-refractivity contribution >= 4 is 28.5 Å². The molecule has 0 aliphatic heterocycles. The molecule has 2 aliphatic rings. The van der Waals surface area contributed by atoms with E-state index in [1.54, 1.807) is 0 Å². The third-order valence-corrected chi connectivity index (χ3v) is 4.86. The lowest BCUT2D eigenvalue weighted by Crippen LogP contribution is -2.11. The van der Waals surface area contributed by atoms with Crippen molar-refractivity contribution < 1.29 is 14.3 Å². The van der Waals surface area contributed by atoms with E-state index in [4.69, 9.17) is 11.6 Å². The second kappa shape index (κ2) is 3.92. The Morgan fingerprint density at radius 1 is 1.35 bits per heavy atom. The summed E-state index contributed by atoms with van der Waals surface area (Å²) in [5.41, 5.74) is 1.80. The molecule has 102 valence electrons. The predicted molar refractivity (Wildman–Crippen MR) is 73.0 cm³/mol. The van der Waals surface area contributed by atoms with Gasteiger partial charge in [0.05, 0.1) is 10.6 Å². The van der Waals surface area contributed by atoms with Crippen molar-refractivity contribution in [1.82, 2.24) is 4.98 Å².